The molecular formula is C20H30N4O6S4. The van der Waals surface area contributed by atoms with E-state index in [2.05, 4.69) is 0 Å². The van der Waals surface area contributed by atoms with Crippen molar-refractivity contribution < 1.29 is 28.8 Å². The fourth-order valence-electron chi connectivity index (χ4n) is 3.83. The minimum atomic E-state index is -0.579. The summed E-state index contributed by atoms with van der Waals surface area (Å²) < 4.78 is 0. The second-order valence-corrected chi connectivity index (χ2v) is 12.6. The summed E-state index contributed by atoms with van der Waals surface area (Å²) in [5.41, 5.74) is 0. The van der Waals surface area contributed by atoms with Crippen molar-refractivity contribution in [2.45, 2.75) is 40.0 Å². The number of fused-ring (bicyclic) bond motifs is 1. The van der Waals surface area contributed by atoms with Gasteiger partial charge in [-0.3, -0.25) is 38.8 Å². The SMILES string of the molecule is CC(=O)SCCN1C(=O)N(CCSC(C)=O)C2C1N(CCSC(C)=O)C(=O)N2CCSC(C)=O. The first-order chi connectivity index (χ1) is 16.0. The number of amides is 4. The van der Waals surface area contributed by atoms with E-state index in [9.17, 15) is 28.8 Å². The van der Waals surface area contributed by atoms with Crippen LogP contribution in [0.1, 0.15) is 27.7 Å². The molecule has 2 heterocycles. The molecule has 0 saturated carbocycles. The first kappa shape index (κ1) is 28.9. The molecule has 2 aliphatic heterocycles. The van der Waals surface area contributed by atoms with E-state index >= 15 is 0 Å². The van der Waals surface area contributed by atoms with Crippen molar-refractivity contribution in [1.29, 1.82) is 0 Å². The molecule has 0 radical (unpaired) electrons. The summed E-state index contributed by atoms with van der Waals surface area (Å²) in [6.45, 7) is 6.96. The molecule has 2 aliphatic rings. The van der Waals surface area contributed by atoms with E-state index in [0.29, 0.717) is 23.0 Å². The Hall–Kier alpha value is -1.38. The van der Waals surface area contributed by atoms with Crippen LogP contribution in [0.5, 0.6) is 0 Å². The number of hydrogen-bond acceptors (Lipinski definition) is 10. The standard InChI is InChI=1S/C20H30N4O6S4/c1-13(25)31-9-5-21-17-18(23(19(21)29)7-11-33-15(3)27)24(8-12-34-16(4)28)20(30)22(17)6-10-32-14(2)26/h17-18H,5-12H2,1-4H3. The van der Waals surface area contributed by atoms with Crippen LogP contribution in [0.25, 0.3) is 0 Å². The van der Waals surface area contributed by atoms with Crippen molar-refractivity contribution in [3.05, 3.63) is 0 Å². The van der Waals surface area contributed by atoms with Crippen LogP contribution in [0, 0.1) is 0 Å². The molecule has 190 valence electrons. The van der Waals surface area contributed by atoms with Crippen LogP contribution in [0.3, 0.4) is 0 Å². The Kier molecular flexibility index (Phi) is 11.6. The van der Waals surface area contributed by atoms with Gasteiger partial charge in [-0.2, -0.15) is 0 Å². The van der Waals surface area contributed by atoms with Gasteiger partial charge in [-0.25, -0.2) is 9.59 Å². The zero-order chi connectivity index (χ0) is 25.4. The molecule has 0 spiro atoms. The van der Waals surface area contributed by atoms with E-state index in [1.165, 1.54) is 27.7 Å². The van der Waals surface area contributed by atoms with Gasteiger partial charge in [0.15, 0.2) is 20.5 Å². The lowest BCUT2D eigenvalue weighted by molar-refractivity contribution is -0.109. The summed E-state index contributed by atoms with van der Waals surface area (Å²) in [6, 6.07) is -0.520. The van der Waals surface area contributed by atoms with Gasteiger partial charge in [0.25, 0.3) is 0 Å². The molecule has 4 amide bonds. The Balaban J connectivity index is 2.31. The van der Waals surface area contributed by atoms with Gasteiger partial charge in [-0.05, 0) is 0 Å². The number of rotatable bonds is 12. The summed E-state index contributed by atoms with van der Waals surface area (Å²) in [4.78, 5) is 78.9. The Morgan fingerprint density at radius 1 is 0.529 bits per heavy atom. The summed E-state index contributed by atoms with van der Waals surface area (Å²) in [7, 11) is 0. The van der Waals surface area contributed by atoms with Crippen LogP contribution in [-0.4, -0.2) is 114 Å². The number of thioether (sulfide) groups is 4. The fourth-order valence-corrected chi connectivity index (χ4v) is 6.13. The van der Waals surface area contributed by atoms with Gasteiger partial charge in [0.2, 0.25) is 0 Å². The van der Waals surface area contributed by atoms with E-state index in [1.807, 2.05) is 0 Å². The predicted molar refractivity (Wildman–Crippen MR) is 138 cm³/mol. The van der Waals surface area contributed by atoms with Gasteiger partial charge in [0.05, 0.1) is 0 Å². The molecule has 0 unspecified atom stereocenters. The molecule has 0 bridgehead atoms. The van der Waals surface area contributed by atoms with E-state index in [0.717, 1.165) is 47.0 Å². The Morgan fingerprint density at radius 3 is 0.912 bits per heavy atom. The molecule has 0 aliphatic carbocycles. The maximum Gasteiger partial charge on any atom is 0.323 e. The molecule has 10 nitrogen and oxygen atoms in total. The number of urea groups is 2. The number of carbonyl (C=O) groups is 6. The smallest absolute Gasteiger partial charge is 0.299 e. The lowest BCUT2D eigenvalue weighted by atomic mass is 10.3. The largest absolute Gasteiger partial charge is 0.323 e. The summed E-state index contributed by atoms with van der Waals surface area (Å²) >= 11 is 4.45. The van der Waals surface area contributed by atoms with Gasteiger partial charge < -0.3 is 0 Å². The minimum absolute atomic E-state index is 0.0574. The molecule has 0 aromatic rings. The average Bonchev–Trinajstić information content (AvgIpc) is 3.14. The predicted octanol–water partition coefficient (Wildman–Crippen LogP) is 2.23. The third kappa shape index (κ3) is 7.82. The van der Waals surface area contributed by atoms with Crippen molar-refractivity contribution in [3.8, 4) is 0 Å². The summed E-state index contributed by atoms with van der Waals surface area (Å²) in [5, 5.41) is -0.230. The van der Waals surface area contributed by atoms with E-state index in [-0.39, 0.29) is 58.7 Å². The number of nitrogens with zero attached hydrogens (tertiary/aromatic N) is 4. The normalized spacial score (nSPS) is 19.8. The van der Waals surface area contributed by atoms with Crippen LogP contribution in [0.2, 0.25) is 0 Å². The Labute approximate surface area is 216 Å². The maximum atomic E-state index is 13.4. The van der Waals surface area contributed by atoms with Gasteiger partial charge in [-0.15, -0.1) is 0 Å². The highest BCUT2D eigenvalue weighted by Gasteiger charge is 2.58. The summed E-state index contributed by atoms with van der Waals surface area (Å²) in [6.07, 6.45) is -1.16. The second kappa shape index (κ2) is 13.6. The van der Waals surface area contributed by atoms with Crippen LogP contribution in [0.15, 0.2) is 0 Å². The van der Waals surface area contributed by atoms with Crippen LogP contribution in [0.4, 0.5) is 9.59 Å². The van der Waals surface area contributed by atoms with E-state index < -0.39 is 12.3 Å². The van der Waals surface area contributed by atoms with Crippen molar-refractivity contribution in [1.82, 2.24) is 19.6 Å². The lowest BCUT2D eigenvalue weighted by Crippen LogP contribution is -2.48. The Morgan fingerprint density at radius 2 is 0.735 bits per heavy atom. The van der Waals surface area contributed by atoms with Crippen LogP contribution < -0.4 is 0 Å². The topological polar surface area (TPSA) is 115 Å². The van der Waals surface area contributed by atoms with Crippen LogP contribution in [-0.2, 0) is 19.2 Å². The summed E-state index contributed by atoms with van der Waals surface area (Å²) in [5.74, 6) is 1.57. The monoisotopic (exact) mass is 550 g/mol. The van der Waals surface area contributed by atoms with Gasteiger partial charge >= 0.3 is 12.1 Å². The zero-order valence-electron chi connectivity index (χ0n) is 19.7. The molecule has 34 heavy (non-hydrogen) atoms. The third-order valence-electron chi connectivity index (χ3n) is 5.08. The van der Waals surface area contributed by atoms with E-state index in [1.54, 1.807) is 19.6 Å². The van der Waals surface area contributed by atoms with Crippen molar-refractivity contribution in [3.63, 3.8) is 0 Å². The van der Waals surface area contributed by atoms with Crippen molar-refractivity contribution in [2.75, 3.05) is 49.2 Å². The second-order valence-electron chi connectivity index (χ2n) is 7.53. The molecule has 2 saturated heterocycles. The van der Waals surface area contributed by atoms with Crippen molar-refractivity contribution in [2.24, 2.45) is 0 Å². The Bertz CT molecular complexity index is 703. The molecule has 14 heteroatoms. The molecule has 2 fully saturated rings. The lowest BCUT2D eigenvalue weighted by Gasteiger charge is -2.29. The number of hydrogen-bond donors (Lipinski definition) is 0. The molecule has 0 N–H and O–H groups in total. The van der Waals surface area contributed by atoms with Gasteiger partial charge in [-0.1, -0.05) is 47.0 Å². The highest BCUT2D eigenvalue weighted by molar-refractivity contribution is 8.14. The molecule has 0 aromatic carbocycles. The third-order valence-corrected chi connectivity index (χ3v) is 8.25. The van der Waals surface area contributed by atoms with Gasteiger partial charge in [0.1, 0.15) is 12.3 Å². The molecule has 0 atom stereocenters. The first-order valence-corrected chi connectivity index (χ1v) is 14.7. The fraction of sp³-hybridized carbons (Fsp3) is 0.700. The maximum absolute atomic E-state index is 13.4. The van der Waals surface area contributed by atoms with E-state index in [4.69, 9.17) is 0 Å². The van der Waals surface area contributed by atoms with Crippen molar-refractivity contribution >= 4 is 79.6 Å². The van der Waals surface area contributed by atoms with Crippen LogP contribution >= 0.6 is 47.0 Å². The zero-order valence-corrected chi connectivity index (χ0v) is 22.9. The molecule has 0 aromatic heterocycles. The highest BCUT2D eigenvalue weighted by atomic mass is 32.2. The molecular weight excluding hydrogens is 521 g/mol. The number of carbonyl (C=O) groups excluding carboxylic acids is 6. The molecule has 2 rings (SSSR count). The first-order valence-electron chi connectivity index (χ1n) is 10.7. The quantitative estimate of drug-likeness (QED) is 0.358. The highest BCUT2D eigenvalue weighted by Crippen LogP contribution is 2.35. The average molecular weight is 551 g/mol. The van der Waals surface area contributed by atoms with Gasteiger partial charge in [0, 0.05) is 76.9 Å². The minimum Gasteiger partial charge on any atom is -0.299 e.